The van der Waals surface area contributed by atoms with Crippen molar-refractivity contribution in [3.05, 3.63) is 63.9 Å². The van der Waals surface area contributed by atoms with E-state index in [0.717, 1.165) is 17.7 Å². The van der Waals surface area contributed by atoms with E-state index >= 15 is 0 Å². The molecule has 0 aliphatic carbocycles. The quantitative estimate of drug-likeness (QED) is 0.442. The molecule has 1 unspecified atom stereocenters. The number of nitrogens with one attached hydrogen (secondary N) is 1. The number of hydrogen-bond acceptors (Lipinski definition) is 5. The lowest BCUT2D eigenvalue weighted by Crippen LogP contribution is -2.16. The maximum absolute atomic E-state index is 12.4. The van der Waals surface area contributed by atoms with Gasteiger partial charge in [0.25, 0.3) is 0 Å². The van der Waals surface area contributed by atoms with E-state index in [1.807, 2.05) is 42.8 Å². The minimum Gasteiger partial charge on any atom is -0.481 e. The molecule has 1 heterocycles. The van der Waals surface area contributed by atoms with Crippen molar-refractivity contribution in [1.29, 1.82) is 0 Å². The van der Waals surface area contributed by atoms with Gasteiger partial charge in [0.2, 0.25) is 5.91 Å². The van der Waals surface area contributed by atoms with E-state index in [1.54, 1.807) is 18.2 Å². The molecule has 1 N–H and O–H groups in total. The van der Waals surface area contributed by atoms with E-state index in [-0.39, 0.29) is 17.8 Å². The zero-order valence-electron chi connectivity index (χ0n) is 16.9. The number of amides is 1. The SMILES string of the molecule is CCc1ccccc1NC(=O)CSc1nnc(C(C)Oc2ccc(Cl)cc2Cl)n1C. The predicted octanol–water partition coefficient (Wildman–Crippen LogP) is 5.56. The molecule has 0 saturated heterocycles. The first-order valence-electron chi connectivity index (χ1n) is 9.40. The average molecular weight is 465 g/mol. The van der Waals surface area contributed by atoms with Crippen LogP contribution in [0, 0.1) is 0 Å². The summed E-state index contributed by atoms with van der Waals surface area (Å²) in [6, 6.07) is 12.8. The summed E-state index contributed by atoms with van der Waals surface area (Å²) in [7, 11) is 1.84. The number of hydrogen-bond donors (Lipinski definition) is 1. The highest BCUT2D eigenvalue weighted by molar-refractivity contribution is 7.99. The normalized spacial score (nSPS) is 11.9. The summed E-state index contributed by atoms with van der Waals surface area (Å²) < 4.78 is 7.72. The van der Waals surface area contributed by atoms with Crippen molar-refractivity contribution in [3.8, 4) is 5.75 Å². The fourth-order valence-electron chi connectivity index (χ4n) is 2.89. The summed E-state index contributed by atoms with van der Waals surface area (Å²) in [5.41, 5.74) is 1.94. The Hall–Kier alpha value is -2.22. The molecule has 6 nitrogen and oxygen atoms in total. The second-order valence-corrected chi connectivity index (χ2v) is 8.37. The highest BCUT2D eigenvalue weighted by Gasteiger charge is 2.19. The van der Waals surface area contributed by atoms with E-state index in [4.69, 9.17) is 27.9 Å². The molecule has 0 bridgehead atoms. The molecule has 0 saturated carbocycles. The van der Waals surface area contributed by atoms with Crippen LogP contribution in [0.1, 0.15) is 31.3 Å². The van der Waals surface area contributed by atoms with Gasteiger partial charge >= 0.3 is 0 Å². The van der Waals surface area contributed by atoms with Gasteiger partial charge in [-0.25, -0.2) is 0 Å². The maximum atomic E-state index is 12.4. The number of nitrogens with zero attached hydrogens (tertiary/aromatic N) is 3. The molecule has 0 radical (unpaired) electrons. The van der Waals surface area contributed by atoms with Crippen molar-refractivity contribution in [2.75, 3.05) is 11.1 Å². The summed E-state index contributed by atoms with van der Waals surface area (Å²) in [6.45, 7) is 3.92. The number of thioether (sulfide) groups is 1. The number of halogens is 2. The molecular weight excluding hydrogens is 443 g/mol. The molecule has 30 heavy (non-hydrogen) atoms. The lowest BCUT2D eigenvalue weighted by Gasteiger charge is -2.15. The van der Waals surface area contributed by atoms with E-state index in [0.29, 0.717) is 26.8 Å². The first-order chi connectivity index (χ1) is 14.4. The van der Waals surface area contributed by atoms with Gasteiger partial charge < -0.3 is 14.6 Å². The molecule has 158 valence electrons. The fourth-order valence-corrected chi connectivity index (χ4v) is 4.06. The Kier molecular flexibility index (Phi) is 7.64. The maximum Gasteiger partial charge on any atom is 0.234 e. The highest BCUT2D eigenvalue weighted by Crippen LogP contribution is 2.31. The van der Waals surface area contributed by atoms with Gasteiger partial charge in [-0.1, -0.05) is 60.1 Å². The lowest BCUT2D eigenvalue weighted by atomic mass is 10.1. The van der Waals surface area contributed by atoms with Crippen molar-refractivity contribution < 1.29 is 9.53 Å². The van der Waals surface area contributed by atoms with Crippen LogP contribution in [0.2, 0.25) is 10.0 Å². The molecule has 9 heteroatoms. The van der Waals surface area contributed by atoms with Crippen LogP contribution < -0.4 is 10.1 Å². The van der Waals surface area contributed by atoms with Crippen molar-refractivity contribution in [1.82, 2.24) is 14.8 Å². The smallest absolute Gasteiger partial charge is 0.234 e. The van der Waals surface area contributed by atoms with Gasteiger partial charge in [-0.2, -0.15) is 0 Å². The summed E-state index contributed by atoms with van der Waals surface area (Å²) >= 11 is 13.4. The Morgan fingerprint density at radius 1 is 1.23 bits per heavy atom. The molecule has 1 amide bonds. The Balaban J connectivity index is 1.61. The van der Waals surface area contributed by atoms with Crippen LogP contribution >= 0.6 is 35.0 Å². The van der Waals surface area contributed by atoms with Crippen molar-refractivity contribution in [2.45, 2.75) is 31.5 Å². The van der Waals surface area contributed by atoms with Gasteiger partial charge in [0.05, 0.1) is 10.8 Å². The molecule has 0 fully saturated rings. The molecule has 0 spiro atoms. The number of aryl methyl sites for hydroxylation is 1. The Bertz CT molecular complexity index is 1040. The zero-order chi connectivity index (χ0) is 21.7. The number of para-hydroxylation sites is 1. The number of aromatic nitrogens is 3. The fraction of sp³-hybridized carbons (Fsp3) is 0.286. The van der Waals surface area contributed by atoms with Gasteiger partial charge in [-0.3, -0.25) is 4.79 Å². The molecule has 3 aromatic rings. The van der Waals surface area contributed by atoms with E-state index in [2.05, 4.69) is 22.4 Å². The second kappa shape index (κ2) is 10.2. The van der Waals surface area contributed by atoms with Gasteiger partial charge in [0.1, 0.15) is 5.75 Å². The molecular formula is C21H22Cl2N4O2S. The van der Waals surface area contributed by atoms with E-state index in [9.17, 15) is 4.79 Å². The number of rotatable bonds is 8. The van der Waals surface area contributed by atoms with Crippen molar-refractivity contribution in [2.24, 2.45) is 7.05 Å². The molecule has 0 aliphatic heterocycles. The third kappa shape index (κ3) is 5.47. The minimum absolute atomic E-state index is 0.0947. The van der Waals surface area contributed by atoms with Crippen LogP contribution in [-0.2, 0) is 18.3 Å². The minimum atomic E-state index is -0.388. The van der Waals surface area contributed by atoms with E-state index < -0.39 is 0 Å². The Labute approximate surface area is 189 Å². The van der Waals surface area contributed by atoms with Crippen LogP contribution in [0.25, 0.3) is 0 Å². The Morgan fingerprint density at radius 2 is 2.00 bits per heavy atom. The number of carbonyl (C=O) groups is 1. The van der Waals surface area contributed by atoms with Crippen LogP contribution in [0.15, 0.2) is 47.6 Å². The first-order valence-corrected chi connectivity index (χ1v) is 11.1. The summed E-state index contributed by atoms with van der Waals surface area (Å²) in [5, 5.41) is 13.0. The van der Waals surface area contributed by atoms with Gasteiger partial charge in [0.15, 0.2) is 17.1 Å². The average Bonchev–Trinajstić information content (AvgIpc) is 3.09. The summed E-state index contributed by atoms with van der Waals surface area (Å²) in [4.78, 5) is 12.4. The van der Waals surface area contributed by atoms with Crippen molar-refractivity contribution in [3.63, 3.8) is 0 Å². The van der Waals surface area contributed by atoms with Crippen LogP contribution in [0.3, 0.4) is 0 Å². The molecule has 1 aromatic heterocycles. The Morgan fingerprint density at radius 3 is 2.73 bits per heavy atom. The standard InChI is InChI=1S/C21H22Cl2N4O2S/c1-4-14-7-5-6-8-17(14)24-19(28)12-30-21-26-25-20(27(21)3)13(2)29-18-10-9-15(22)11-16(18)23/h5-11,13H,4,12H2,1-3H3,(H,24,28). The van der Waals surface area contributed by atoms with Crippen LogP contribution in [0.4, 0.5) is 5.69 Å². The van der Waals surface area contributed by atoms with Gasteiger partial charge in [-0.15, -0.1) is 10.2 Å². The topological polar surface area (TPSA) is 69.0 Å². The molecule has 1 atom stereocenters. The largest absolute Gasteiger partial charge is 0.481 e. The predicted molar refractivity (Wildman–Crippen MR) is 122 cm³/mol. The molecule has 3 rings (SSSR count). The van der Waals surface area contributed by atoms with Gasteiger partial charge in [0, 0.05) is 17.8 Å². The molecule has 2 aromatic carbocycles. The highest BCUT2D eigenvalue weighted by atomic mass is 35.5. The lowest BCUT2D eigenvalue weighted by molar-refractivity contribution is -0.113. The van der Waals surface area contributed by atoms with E-state index in [1.165, 1.54) is 11.8 Å². The summed E-state index contributed by atoms with van der Waals surface area (Å²) in [6.07, 6.45) is 0.465. The van der Waals surface area contributed by atoms with Crippen LogP contribution in [-0.4, -0.2) is 26.4 Å². The monoisotopic (exact) mass is 464 g/mol. The van der Waals surface area contributed by atoms with Gasteiger partial charge in [-0.05, 0) is 43.2 Å². The van der Waals surface area contributed by atoms with Crippen molar-refractivity contribution >= 4 is 46.6 Å². The number of anilines is 1. The number of ether oxygens (including phenoxy) is 1. The van der Waals surface area contributed by atoms with Crippen LogP contribution in [0.5, 0.6) is 5.75 Å². The number of benzene rings is 2. The first kappa shape index (κ1) is 22.5. The number of carbonyl (C=O) groups excluding carboxylic acids is 1. The zero-order valence-corrected chi connectivity index (χ0v) is 19.2. The summed E-state index contributed by atoms with van der Waals surface area (Å²) in [5.74, 6) is 1.27. The molecule has 0 aliphatic rings. The third-order valence-corrected chi connectivity index (χ3v) is 5.99. The second-order valence-electron chi connectivity index (χ2n) is 6.58. The third-order valence-electron chi connectivity index (χ3n) is 4.43.